The number of fused-ring (bicyclic) bond motifs is 1. The van der Waals surface area contributed by atoms with Crippen LogP contribution in [0, 0.1) is 0 Å². The van der Waals surface area contributed by atoms with E-state index in [4.69, 9.17) is 14.8 Å². The van der Waals surface area contributed by atoms with Crippen molar-refractivity contribution in [3.8, 4) is 11.5 Å². The molecule has 3 heterocycles. The van der Waals surface area contributed by atoms with Gasteiger partial charge in [-0.3, -0.25) is 9.48 Å². The number of nitrogens with zero attached hydrogens (tertiary/aromatic N) is 5. The van der Waals surface area contributed by atoms with Crippen molar-refractivity contribution < 1.29 is 14.6 Å². The zero-order chi connectivity index (χ0) is 25.6. The first-order chi connectivity index (χ1) is 17.1. The smallest absolute Gasteiger partial charge is 0.222 e. The van der Waals surface area contributed by atoms with Gasteiger partial charge in [-0.05, 0) is 31.0 Å². The Balaban J connectivity index is 1.39. The number of benzene rings is 1. The van der Waals surface area contributed by atoms with E-state index in [-0.39, 0.29) is 23.5 Å². The van der Waals surface area contributed by atoms with Crippen molar-refractivity contribution in [1.29, 1.82) is 0 Å². The van der Waals surface area contributed by atoms with Crippen molar-refractivity contribution in [3.05, 3.63) is 48.3 Å². The van der Waals surface area contributed by atoms with E-state index < -0.39 is 0 Å². The van der Waals surface area contributed by atoms with Gasteiger partial charge in [0.1, 0.15) is 17.3 Å². The number of anilines is 3. The van der Waals surface area contributed by atoms with Crippen LogP contribution in [0.2, 0.25) is 0 Å². The molecule has 1 aromatic carbocycles. The van der Waals surface area contributed by atoms with Gasteiger partial charge in [0.15, 0.2) is 5.82 Å². The maximum absolute atomic E-state index is 11.3. The number of carbonyl (C=O) groups excluding carboxylic acids is 1. The second-order valence-corrected chi connectivity index (χ2v) is 10.3. The number of ether oxygens (including phenoxy) is 1. The molecule has 10 nitrogen and oxygen atoms in total. The van der Waals surface area contributed by atoms with Crippen LogP contribution in [0.15, 0.2) is 42.6 Å². The van der Waals surface area contributed by atoms with Crippen LogP contribution in [0.25, 0.3) is 11.0 Å². The highest BCUT2D eigenvalue weighted by atomic mass is 16.5. The third-order valence-electron chi connectivity index (χ3n) is 6.30. The van der Waals surface area contributed by atoms with Crippen LogP contribution < -0.4 is 15.4 Å². The molecule has 0 radical (unpaired) electrons. The van der Waals surface area contributed by atoms with Gasteiger partial charge in [-0.1, -0.05) is 20.8 Å². The number of carbonyl (C=O) groups is 1. The molecule has 10 heteroatoms. The van der Waals surface area contributed by atoms with Crippen LogP contribution in [-0.2, 0) is 17.3 Å². The van der Waals surface area contributed by atoms with Crippen molar-refractivity contribution in [1.82, 2.24) is 24.3 Å². The van der Waals surface area contributed by atoms with Gasteiger partial charge in [-0.25, -0.2) is 9.97 Å². The SMILES string of the molecule is CC(=O)Nc1cc(Oc2ccc3nc(Nc4cc(C(C)(C)C)n(C5CC(O)C5)n4)n(C)c3c2)ccn1. The quantitative estimate of drug-likeness (QED) is 0.361. The molecule has 0 saturated heterocycles. The van der Waals surface area contributed by atoms with Crippen molar-refractivity contribution in [3.63, 3.8) is 0 Å². The highest BCUT2D eigenvalue weighted by Gasteiger charge is 2.33. The highest BCUT2D eigenvalue weighted by molar-refractivity contribution is 5.87. The topological polar surface area (TPSA) is 119 Å². The number of amides is 1. The molecular formula is C26H31N7O3. The van der Waals surface area contributed by atoms with E-state index in [0.717, 1.165) is 35.4 Å². The first-order valence-electron chi connectivity index (χ1n) is 12.0. The molecule has 4 aromatic rings. The molecule has 1 fully saturated rings. The predicted octanol–water partition coefficient (Wildman–Crippen LogP) is 4.65. The maximum Gasteiger partial charge on any atom is 0.222 e. The Morgan fingerprint density at radius 1 is 1.11 bits per heavy atom. The fraction of sp³-hybridized carbons (Fsp3) is 0.385. The number of rotatable bonds is 6. The molecule has 3 aromatic heterocycles. The van der Waals surface area contributed by atoms with Gasteiger partial charge >= 0.3 is 0 Å². The molecule has 5 rings (SSSR count). The first-order valence-corrected chi connectivity index (χ1v) is 12.0. The van der Waals surface area contributed by atoms with Crippen LogP contribution in [0.5, 0.6) is 11.5 Å². The van der Waals surface area contributed by atoms with E-state index in [1.807, 2.05) is 34.5 Å². The van der Waals surface area contributed by atoms with Crippen molar-refractivity contribution in [2.24, 2.45) is 7.05 Å². The van der Waals surface area contributed by atoms with E-state index in [9.17, 15) is 9.90 Å². The van der Waals surface area contributed by atoms with Crippen LogP contribution >= 0.6 is 0 Å². The summed E-state index contributed by atoms with van der Waals surface area (Å²) >= 11 is 0. The van der Waals surface area contributed by atoms with Gasteiger partial charge in [-0.2, -0.15) is 5.10 Å². The molecule has 188 valence electrons. The average Bonchev–Trinajstić information content (AvgIpc) is 3.33. The first kappa shape index (κ1) is 23.8. The Bertz CT molecular complexity index is 1430. The molecule has 0 atom stereocenters. The summed E-state index contributed by atoms with van der Waals surface area (Å²) in [6.07, 6.45) is 2.79. The number of imidazole rings is 1. The summed E-state index contributed by atoms with van der Waals surface area (Å²) < 4.78 is 10.0. The molecular weight excluding hydrogens is 458 g/mol. The summed E-state index contributed by atoms with van der Waals surface area (Å²) in [5, 5.41) is 20.6. The number of aliphatic hydroxyl groups excluding tert-OH is 1. The van der Waals surface area contributed by atoms with Crippen molar-refractivity contribution in [2.45, 2.75) is 58.1 Å². The molecule has 1 aliphatic carbocycles. The van der Waals surface area contributed by atoms with Gasteiger partial charge in [0, 0.05) is 49.5 Å². The van der Waals surface area contributed by atoms with E-state index in [1.165, 1.54) is 6.92 Å². The normalized spacial score (nSPS) is 17.6. The Morgan fingerprint density at radius 2 is 1.86 bits per heavy atom. The van der Waals surface area contributed by atoms with Gasteiger partial charge in [0.2, 0.25) is 11.9 Å². The average molecular weight is 490 g/mol. The highest BCUT2D eigenvalue weighted by Crippen LogP contribution is 2.37. The van der Waals surface area contributed by atoms with Crippen molar-refractivity contribution in [2.75, 3.05) is 10.6 Å². The Labute approximate surface area is 209 Å². The molecule has 1 amide bonds. The number of pyridine rings is 1. The lowest BCUT2D eigenvalue weighted by atomic mass is 9.87. The molecule has 3 N–H and O–H groups in total. The fourth-order valence-electron chi connectivity index (χ4n) is 4.37. The van der Waals surface area contributed by atoms with Gasteiger partial charge in [0.05, 0.1) is 23.2 Å². The Kier molecular flexibility index (Phi) is 5.91. The number of aromatic nitrogens is 5. The van der Waals surface area contributed by atoms with Gasteiger partial charge < -0.3 is 25.0 Å². The minimum absolute atomic E-state index is 0.0845. The van der Waals surface area contributed by atoms with Crippen molar-refractivity contribution >= 4 is 34.5 Å². The summed E-state index contributed by atoms with van der Waals surface area (Å²) in [7, 11) is 1.94. The number of aliphatic hydroxyl groups is 1. The second-order valence-electron chi connectivity index (χ2n) is 10.3. The summed E-state index contributed by atoms with van der Waals surface area (Å²) in [6.45, 7) is 7.93. The zero-order valence-electron chi connectivity index (χ0n) is 21.1. The fourth-order valence-corrected chi connectivity index (χ4v) is 4.37. The molecule has 0 spiro atoms. The Morgan fingerprint density at radius 3 is 2.56 bits per heavy atom. The molecule has 0 aliphatic heterocycles. The number of hydrogen-bond donors (Lipinski definition) is 3. The minimum atomic E-state index is -0.246. The lowest BCUT2D eigenvalue weighted by molar-refractivity contribution is -0.114. The lowest BCUT2D eigenvalue weighted by Crippen LogP contribution is -2.34. The molecule has 0 unspecified atom stereocenters. The van der Waals surface area contributed by atoms with Crippen LogP contribution in [0.3, 0.4) is 0 Å². The van der Waals surface area contributed by atoms with Gasteiger partial charge in [-0.15, -0.1) is 0 Å². The maximum atomic E-state index is 11.3. The number of aryl methyl sites for hydroxylation is 1. The Hall–Kier alpha value is -3.92. The van der Waals surface area contributed by atoms with Crippen LogP contribution in [0.1, 0.15) is 52.3 Å². The summed E-state index contributed by atoms with van der Waals surface area (Å²) in [5.74, 6) is 2.82. The van der Waals surface area contributed by atoms with Gasteiger partial charge in [0.25, 0.3) is 0 Å². The lowest BCUT2D eigenvalue weighted by Gasteiger charge is -2.34. The van der Waals surface area contributed by atoms with E-state index in [1.54, 1.807) is 18.3 Å². The minimum Gasteiger partial charge on any atom is -0.457 e. The third kappa shape index (κ3) is 4.76. The monoisotopic (exact) mass is 489 g/mol. The summed E-state index contributed by atoms with van der Waals surface area (Å²) in [6, 6.07) is 11.4. The molecule has 36 heavy (non-hydrogen) atoms. The summed E-state index contributed by atoms with van der Waals surface area (Å²) in [5.41, 5.74) is 2.74. The number of nitrogens with one attached hydrogen (secondary N) is 2. The van der Waals surface area contributed by atoms with E-state index in [0.29, 0.717) is 23.3 Å². The predicted molar refractivity (Wildman–Crippen MR) is 138 cm³/mol. The second kappa shape index (κ2) is 8.94. The van der Waals surface area contributed by atoms with Crippen LogP contribution in [-0.4, -0.2) is 41.4 Å². The van der Waals surface area contributed by atoms with E-state index >= 15 is 0 Å². The van der Waals surface area contributed by atoms with Crippen LogP contribution in [0.4, 0.5) is 17.6 Å². The zero-order valence-corrected chi connectivity index (χ0v) is 21.1. The van der Waals surface area contributed by atoms with E-state index in [2.05, 4.69) is 42.5 Å². The number of hydrogen-bond acceptors (Lipinski definition) is 7. The molecule has 1 aliphatic rings. The third-order valence-corrected chi connectivity index (χ3v) is 6.30. The molecule has 1 saturated carbocycles. The molecule has 0 bridgehead atoms. The summed E-state index contributed by atoms with van der Waals surface area (Å²) in [4.78, 5) is 20.2. The largest absolute Gasteiger partial charge is 0.457 e. The standard InChI is InChI=1S/C26H31N7O3/c1-15(34)28-23-13-19(8-9-27-23)36-18-6-7-20-21(12-18)32(5)25(29-20)30-24-14-22(26(2,3)4)33(31-24)16-10-17(35)11-16/h6-9,12-14,16-17,35H,10-11H2,1-5H3,(H,27,28,34)(H,29,30,31).